The highest BCUT2D eigenvalue weighted by atomic mass is 16.5. The van der Waals surface area contributed by atoms with Crippen LogP contribution in [0.15, 0.2) is 12.1 Å². The molecule has 6 nitrogen and oxygen atoms in total. The van der Waals surface area contributed by atoms with E-state index in [9.17, 15) is 9.90 Å². The Kier molecular flexibility index (Phi) is 4.01. The number of carbonyl (C=O) groups is 1. The van der Waals surface area contributed by atoms with Gasteiger partial charge in [0.25, 0.3) is 0 Å². The number of aliphatic carboxylic acids is 1. The van der Waals surface area contributed by atoms with Crippen molar-refractivity contribution in [3.05, 3.63) is 23.5 Å². The van der Waals surface area contributed by atoms with Crippen molar-refractivity contribution in [2.45, 2.75) is 19.5 Å². The zero-order chi connectivity index (χ0) is 14.0. The summed E-state index contributed by atoms with van der Waals surface area (Å²) in [6.07, 6.45) is 0. The van der Waals surface area contributed by atoms with Gasteiger partial charge in [-0.15, -0.1) is 0 Å². The summed E-state index contributed by atoms with van der Waals surface area (Å²) in [7, 11) is 1.82. The van der Waals surface area contributed by atoms with Crippen LogP contribution in [0, 0.1) is 12.8 Å². The monoisotopic (exact) mass is 266 g/mol. The second-order valence-corrected chi connectivity index (χ2v) is 4.88. The quantitative estimate of drug-likeness (QED) is 0.831. The topological polar surface area (TPSA) is 82.9 Å². The van der Waals surface area contributed by atoms with Crippen molar-refractivity contribution in [3.8, 4) is 5.75 Å². The van der Waals surface area contributed by atoms with Gasteiger partial charge in [0.1, 0.15) is 5.75 Å². The number of carboxylic acid groups (broad SMARTS) is 1. The number of aryl methyl sites for hydroxylation is 1. The fourth-order valence-electron chi connectivity index (χ4n) is 2.29. The number of ether oxygens (including phenoxy) is 1. The Hall–Kier alpha value is -1.66. The molecule has 0 amide bonds. The lowest BCUT2D eigenvalue weighted by Gasteiger charge is -2.26. The van der Waals surface area contributed by atoms with Crippen LogP contribution in [0.4, 0.5) is 0 Å². The lowest BCUT2D eigenvalue weighted by Crippen LogP contribution is -2.40. The Balaban J connectivity index is 2.10. The maximum absolute atomic E-state index is 11.1. The van der Waals surface area contributed by atoms with Crippen LogP contribution < -0.4 is 0 Å². The van der Waals surface area contributed by atoms with E-state index in [1.807, 2.05) is 18.9 Å². The van der Waals surface area contributed by atoms with E-state index in [2.05, 4.69) is 4.98 Å². The van der Waals surface area contributed by atoms with E-state index in [0.717, 1.165) is 5.69 Å². The molecule has 2 unspecified atom stereocenters. The Morgan fingerprint density at radius 3 is 2.95 bits per heavy atom. The number of hydrogen-bond donors (Lipinski definition) is 2. The summed E-state index contributed by atoms with van der Waals surface area (Å²) in [5.74, 6) is -1.25. The average molecular weight is 266 g/mol. The van der Waals surface area contributed by atoms with Crippen molar-refractivity contribution in [3.63, 3.8) is 0 Å². The molecule has 1 aromatic heterocycles. The van der Waals surface area contributed by atoms with Crippen LogP contribution in [0.2, 0.25) is 0 Å². The van der Waals surface area contributed by atoms with Crippen molar-refractivity contribution >= 4 is 5.97 Å². The molecule has 0 spiro atoms. The van der Waals surface area contributed by atoms with Crippen molar-refractivity contribution in [1.29, 1.82) is 0 Å². The van der Waals surface area contributed by atoms with Gasteiger partial charge in [-0.1, -0.05) is 0 Å². The number of nitrogens with zero attached hydrogens (tertiary/aromatic N) is 2. The molecule has 1 aliphatic rings. The molecule has 2 atom stereocenters. The summed E-state index contributed by atoms with van der Waals surface area (Å²) in [6.45, 7) is 2.87. The highest BCUT2D eigenvalue weighted by Crippen LogP contribution is 2.23. The molecule has 2 heterocycles. The van der Waals surface area contributed by atoms with E-state index < -0.39 is 11.9 Å². The Morgan fingerprint density at radius 1 is 1.53 bits per heavy atom. The van der Waals surface area contributed by atoms with Gasteiger partial charge in [-0.05, 0) is 26.1 Å². The van der Waals surface area contributed by atoms with Gasteiger partial charge in [-0.2, -0.15) is 0 Å². The maximum Gasteiger partial charge on any atom is 0.310 e. The van der Waals surface area contributed by atoms with Crippen molar-refractivity contribution < 1.29 is 19.7 Å². The summed E-state index contributed by atoms with van der Waals surface area (Å²) in [6, 6.07) is 3.14. The van der Waals surface area contributed by atoms with E-state index in [1.165, 1.54) is 0 Å². The first kappa shape index (κ1) is 13.8. The van der Waals surface area contributed by atoms with Crippen molar-refractivity contribution in [1.82, 2.24) is 9.88 Å². The SMILES string of the molecule is Cc1ccc(O)c(CN(C)C2COCC2C(=O)O)n1. The fraction of sp³-hybridized carbons (Fsp3) is 0.538. The Bertz CT molecular complexity index is 478. The molecule has 2 rings (SSSR count). The Morgan fingerprint density at radius 2 is 2.26 bits per heavy atom. The second-order valence-electron chi connectivity index (χ2n) is 4.88. The molecule has 1 saturated heterocycles. The van der Waals surface area contributed by atoms with Crippen LogP contribution in [-0.2, 0) is 16.1 Å². The zero-order valence-electron chi connectivity index (χ0n) is 11.0. The minimum Gasteiger partial charge on any atom is -0.506 e. The second kappa shape index (κ2) is 5.54. The number of aromatic hydroxyl groups is 1. The molecule has 104 valence electrons. The van der Waals surface area contributed by atoms with Gasteiger partial charge >= 0.3 is 5.97 Å². The Labute approximate surface area is 111 Å². The third kappa shape index (κ3) is 3.02. The molecule has 19 heavy (non-hydrogen) atoms. The smallest absolute Gasteiger partial charge is 0.310 e. The number of aromatic nitrogens is 1. The van der Waals surface area contributed by atoms with Crippen LogP contribution in [0.25, 0.3) is 0 Å². The normalized spacial score (nSPS) is 22.9. The third-order valence-electron chi connectivity index (χ3n) is 3.42. The van der Waals surface area contributed by atoms with Crippen LogP contribution in [0.3, 0.4) is 0 Å². The highest BCUT2D eigenvalue weighted by Gasteiger charge is 2.36. The van der Waals surface area contributed by atoms with E-state index in [-0.39, 0.29) is 18.4 Å². The number of hydrogen-bond acceptors (Lipinski definition) is 5. The summed E-state index contributed by atoms with van der Waals surface area (Å²) < 4.78 is 5.24. The summed E-state index contributed by atoms with van der Waals surface area (Å²) in [4.78, 5) is 17.3. The number of rotatable bonds is 4. The molecule has 1 aliphatic heterocycles. The predicted molar refractivity (Wildman–Crippen MR) is 67.8 cm³/mol. The van der Waals surface area contributed by atoms with Gasteiger partial charge in [-0.3, -0.25) is 14.7 Å². The van der Waals surface area contributed by atoms with Crippen LogP contribution in [-0.4, -0.2) is 52.4 Å². The standard InChI is InChI=1S/C13H18N2O4/c1-8-3-4-12(16)10(14-8)5-15(2)11-7-19-6-9(11)13(17)18/h3-4,9,11,16H,5-7H2,1-2H3,(H,17,18). The first-order chi connectivity index (χ1) is 8.99. The van der Waals surface area contributed by atoms with Crippen LogP contribution >= 0.6 is 0 Å². The lowest BCUT2D eigenvalue weighted by molar-refractivity contribution is -0.143. The van der Waals surface area contributed by atoms with Gasteiger partial charge in [0.15, 0.2) is 0 Å². The van der Waals surface area contributed by atoms with E-state index >= 15 is 0 Å². The zero-order valence-corrected chi connectivity index (χ0v) is 11.0. The first-order valence-corrected chi connectivity index (χ1v) is 6.15. The van der Waals surface area contributed by atoms with Crippen LogP contribution in [0.1, 0.15) is 11.4 Å². The molecule has 0 bridgehead atoms. The summed E-state index contributed by atoms with van der Waals surface area (Å²) >= 11 is 0. The molecule has 0 aliphatic carbocycles. The first-order valence-electron chi connectivity index (χ1n) is 6.15. The van der Waals surface area contributed by atoms with Crippen molar-refractivity contribution in [2.24, 2.45) is 5.92 Å². The van der Waals surface area contributed by atoms with E-state index in [0.29, 0.717) is 18.8 Å². The number of pyridine rings is 1. The molecule has 0 radical (unpaired) electrons. The van der Waals surface area contributed by atoms with E-state index in [1.54, 1.807) is 12.1 Å². The van der Waals surface area contributed by atoms with E-state index in [4.69, 9.17) is 9.84 Å². The predicted octanol–water partition coefficient (Wildman–Crippen LogP) is 0.627. The van der Waals surface area contributed by atoms with Crippen LogP contribution in [0.5, 0.6) is 5.75 Å². The molecular weight excluding hydrogens is 248 g/mol. The lowest BCUT2D eigenvalue weighted by atomic mass is 10.0. The molecule has 0 aromatic carbocycles. The summed E-state index contributed by atoms with van der Waals surface area (Å²) in [5, 5.41) is 18.9. The molecule has 2 N–H and O–H groups in total. The average Bonchev–Trinajstić information content (AvgIpc) is 2.83. The van der Waals surface area contributed by atoms with Gasteiger partial charge in [0.2, 0.25) is 0 Å². The van der Waals surface area contributed by atoms with Gasteiger partial charge in [0, 0.05) is 18.3 Å². The largest absolute Gasteiger partial charge is 0.506 e. The minimum atomic E-state index is -0.851. The van der Waals surface area contributed by atoms with Gasteiger partial charge < -0.3 is 14.9 Å². The van der Waals surface area contributed by atoms with Crippen molar-refractivity contribution in [2.75, 3.05) is 20.3 Å². The van der Waals surface area contributed by atoms with Gasteiger partial charge in [-0.25, -0.2) is 0 Å². The molecule has 1 aromatic rings. The number of carboxylic acids is 1. The molecule has 6 heteroatoms. The fourth-order valence-corrected chi connectivity index (χ4v) is 2.29. The third-order valence-corrected chi connectivity index (χ3v) is 3.42. The molecular formula is C13H18N2O4. The number of likely N-dealkylation sites (N-methyl/N-ethyl adjacent to an activating group) is 1. The highest BCUT2D eigenvalue weighted by molar-refractivity contribution is 5.71. The molecule has 1 fully saturated rings. The minimum absolute atomic E-state index is 0.128. The molecule has 0 saturated carbocycles. The summed E-state index contributed by atoms with van der Waals surface area (Å²) in [5.41, 5.74) is 1.37. The van der Waals surface area contributed by atoms with Gasteiger partial charge in [0.05, 0.1) is 24.8 Å². The maximum atomic E-state index is 11.1.